The first kappa shape index (κ1) is 5.77. The summed E-state index contributed by atoms with van der Waals surface area (Å²) < 4.78 is 0. The second kappa shape index (κ2) is 2.83. The Bertz CT molecular complexity index is 210. The Balaban J connectivity index is 2.76. The molecule has 0 N–H and O–H groups in total. The Morgan fingerprint density at radius 2 is 2.11 bits per heavy atom. The molecule has 0 aliphatic heterocycles. The third-order valence-corrected chi connectivity index (χ3v) is 0.920. The number of hydrogen-bond acceptors (Lipinski definition) is 2. The first-order valence-electron chi connectivity index (χ1n) is 2.61. The molecule has 0 atom stereocenters. The van der Waals surface area contributed by atoms with E-state index in [1.807, 2.05) is 0 Å². The van der Waals surface area contributed by atoms with E-state index < -0.39 is 0 Å². The van der Waals surface area contributed by atoms with Crippen molar-refractivity contribution in [1.82, 2.24) is 9.97 Å². The number of rotatable bonds is 1. The minimum Gasteiger partial charge on any atom is -0.245 e. The second-order valence-electron chi connectivity index (χ2n) is 1.63. The van der Waals surface area contributed by atoms with Crippen LogP contribution in [0.5, 0.6) is 0 Å². The molecule has 1 rings (SSSR count). The molecule has 0 aliphatic carbocycles. The van der Waals surface area contributed by atoms with Crippen LogP contribution in [-0.4, -0.2) is 9.97 Å². The Morgan fingerprint density at radius 3 is 2.67 bits per heavy atom. The maximum absolute atomic E-state index is 5.05. The minimum atomic E-state index is 0.612. The fraction of sp³-hybridized carbons (Fsp3) is 0.143. The van der Waals surface area contributed by atoms with Crippen LogP contribution in [0.4, 0.5) is 0 Å². The van der Waals surface area contributed by atoms with Crippen LogP contribution >= 0.6 is 0 Å². The quantitative estimate of drug-likeness (QED) is 0.506. The summed E-state index contributed by atoms with van der Waals surface area (Å²) in [6.07, 6.45) is 10.6. The van der Waals surface area contributed by atoms with E-state index in [0.717, 1.165) is 5.56 Å². The number of nitrogens with zero attached hydrogens (tertiary/aromatic N) is 2. The van der Waals surface area contributed by atoms with Crippen molar-refractivity contribution in [3.05, 3.63) is 24.3 Å². The molecule has 9 heavy (non-hydrogen) atoms. The summed E-state index contributed by atoms with van der Waals surface area (Å²) in [6, 6.07) is 0. The zero-order valence-corrected chi connectivity index (χ0v) is 4.91. The molecule has 0 aromatic carbocycles. The van der Waals surface area contributed by atoms with Gasteiger partial charge in [0.15, 0.2) is 0 Å². The number of hydrogen-bond donors (Lipinski definition) is 0. The molecular weight excluding hydrogens is 112 g/mol. The summed E-state index contributed by atoms with van der Waals surface area (Å²) in [6.45, 7) is 0. The summed E-state index contributed by atoms with van der Waals surface area (Å²) in [5.74, 6) is 2.50. The normalized spacial score (nSPS) is 8.33. The topological polar surface area (TPSA) is 25.8 Å². The molecule has 1 heterocycles. The SMILES string of the molecule is C#CCc1cncnc1. The molecular formula is C7H6N2. The van der Waals surface area contributed by atoms with Crippen molar-refractivity contribution in [3.63, 3.8) is 0 Å². The molecule has 0 amide bonds. The Morgan fingerprint density at radius 1 is 1.44 bits per heavy atom. The summed E-state index contributed by atoms with van der Waals surface area (Å²) >= 11 is 0. The van der Waals surface area contributed by atoms with Gasteiger partial charge in [-0.3, -0.25) is 0 Å². The molecule has 1 aromatic rings. The van der Waals surface area contributed by atoms with Crippen LogP contribution in [0.25, 0.3) is 0 Å². The first-order valence-corrected chi connectivity index (χ1v) is 2.61. The van der Waals surface area contributed by atoms with Crippen molar-refractivity contribution in [2.24, 2.45) is 0 Å². The van der Waals surface area contributed by atoms with Crippen LogP contribution in [0.1, 0.15) is 5.56 Å². The minimum absolute atomic E-state index is 0.612. The lowest BCUT2D eigenvalue weighted by Gasteiger charge is -1.87. The Kier molecular flexibility index (Phi) is 1.81. The van der Waals surface area contributed by atoms with Gasteiger partial charge in [-0.1, -0.05) is 0 Å². The predicted molar refractivity (Wildman–Crippen MR) is 34.6 cm³/mol. The molecule has 0 saturated carbocycles. The van der Waals surface area contributed by atoms with Crippen LogP contribution in [0.3, 0.4) is 0 Å². The van der Waals surface area contributed by atoms with E-state index in [-0.39, 0.29) is 0 Å². The molecule has 0 fully saturated rings. The van der Waals surface area contributed by atoms with Crippen LogP contribution in [0, 0.1) is 12.3 Å². The first-order chi connectivity index (χ1) is 4.43. The maximum Gasteiger partial charge on any atom is 0.115 e. The van der Waals surface area contributed by atoms with E-state index in [2.05, 4.69) is 15.9 Å². The summed E-state index contributed by atoms with van der Waals surface area (Å²) in [4.78, 5) is 7.59. The van der Waals surface area contributed by atoms with Gasteiger partial charge in [0.25, 0.3) is 0 Å². The van der Waals surface area contributed by atoms with Crippen LogP contribution in [0.15, 0.2) is 18.7 Å². The molecule has 0 aliphatic rings. The van der Waals surface area contributed by atoms with E-state index >= 15 is 0 Å². The van der Waals surface area contributed by atoms with Gasteiger partial charge < -0.3 is 0 Å². The molecule has 1 aromatic heterocycles. The monoisotopic (exact) mass is 118 g/mol. The number of aromatic nitrogens is 2. The van der Waals surface area contributed by atoms with E-state index in [1.54, 1.807) is 12.4 Å². The Hall–Kier alpha value is -1.36. The highest BCUT2D eigenvalue weighted by molar-refractivity contribution is 5.10. The van der Waals surface area contributed by atoms with Gasteiger partial charge in [-0.05, 0) is 0 Å². The third-order valence-electron chi connectivity index (χ3n) is 0.920. The van der Waals surface area contributed by atoms with Crippen molar-refractivity contribution < 1.29 is 0 Å². The molecule has 44 valence electrons. The van der Waals surface area contributed by atoms with Crippen LogP contribution < -0.4 is 0 Å². The van der Waals surface area contributed by atoms with Crippen molar-refractivity contribution in [2.45, 2.75) is 6.42 Å². The van der Waals surface area contributed by atoms with E-state index in [0.29, 0.717) is 6.42 Å². The lowest BCUT2D eigenvalue weighted by molar-refractivity contribution is 1.10. The van der Waals surface area contributed by atoms with E-state index in [9.17, 15) is 0 Å². The van der Waals surface area contributed by atoms with Gasteiger partial charge in [0.05, 0.1) is 0 Å². The highest BCUT2D eigenvalue weighted by atomic mass is 14.8. The lowest BCUT2D eigenvalue weighted by atomic mass is 10.3. The van der Waals surface area contributed by atoms with E-state index in [4.69, 9.17) is 6.42 Å². The van der Waals surface area contributed by atoms with Gasteiger partial charge in [-0.15, -0.1) is 12.3 Å². The average molecular weight is 118 g/mol. The molecule has 0 saturated heterocycles. The zero-order chi connectivity index (χ0) is 6.53. The van der Waals surface area contributed by atoms with Gasteiger partial charge in [-0.25, -0.2) is 9.97 Å². The standard InChI is InChI=1S/C7H6N2/c1-2-3-7-4-8-6-9-5-7/h1,4-6H,3H2. The molecule has 0 spiro atoms. The fourth-order valence-electron chi connectivity index (χ4n) is 0.539. The van der Waals surface area contributed by atoms with Crippen LogP contribution in [-0.2, 0) is 6.42 Å². The smallest absolute Gasteiger partial charge is 0.115 e. The largest absolute Gasteiger partial charge is 0.245 e. The maximum atomic E-state index is 5.05. The van der Waals surface area contributed by atoms with Crippen molar-refractivity contribution in [1.29, 1.82) is 0 Å². The van der Waals surface area contributed by atoms with Crippen molar-refractivity contribution in [3.8, 4) is 12.3 Å². The Labute approximate surface area is 54.0 Å². The summed E-state index contributed by atoms with van der Waals surface area (Å²) in [7, 11) is 0. The zero-order valence-electron chi connectivity index (χ0n) is 4.91. The highest BCUT2D eigenvalue weighted by Gasteiger charge is 1.84. The molecule has 0 bridgehead atoms. The molecule has 0 radical (unpaired) electrons. The van der Waals surface area contributed by atoms with Crippen LogP contribution in [0.2, 0.25) is 0 Å². The highest BCUT2D eigenvalue weighted by Crippen LogP contribution is 1.91. The second-order valence-corrected chi connectivity index (χ2v) is 1.63. The summed E-state index contributed by atoms with van der Waals surface area (Å²) in [5, 5.41) is 0. The van der Waals surface area contributed by atoms with Gasteiger partial charge in [-0.2, -0.15) is 0 Å². The fourth-order valence-corrected chi connectivity index (χ4v) is 0.539. The third kappa shape index (κ3) is 1.54. The van der Waals surface area contributed by atoms with Gasteiger partial charge >= 0.3 is 0 Å². The van der Waals surface area contributed by atoms with Gasteiger partial charge in [0.2, 0.25) is 0 Å². The van der Waals surface area contributed by atoms with Gasteiger partial charge in [0, 0.05) is 24.4 Å². The van der Waals surface area contributed by atoms with E-state index in [1.165, 1.54) is 6.33 Å². The summed E-state index contributed by atoms with van der Waals surface area (Å²) in [5.41, 5.74) is 0.986. The van der Waals surface area contributed by atoms with Crippen molar-refractivity contribution >= 4 is 0 Å². The van der Waals surface area contributed by atoms with Gasteiger partial charge in [0.1, 0.15) is 6.33 Å². The lowest BCUT2D eigenvalue weighted by Crippen LogP contribution is -1.83. The van der Waals surface area contributed by atoms with Crippen molar-refractivity contribution in [2.75, 3.05) is 0 Å². The average Bonchev–Trinajstić information content (AvgIpc) is 1.91. The molecule has 0 unspecified atom stereocenters. The molecule has 2 nitrogen and oxygen atoms in total. The predicted octanol–water partition coefficient (Wildman–Crippen LogP) is 0.652. The molecule has 2 heteroatoms. The number of terminal acetylenes is 1.